The summed E-state index contributed by atoms with van der Waals surface area (Å²) in [6.07, 6.45) is 3.96. The van der Waals surface area contributed by atoms with Gasteiger partial charge in [-0.3, -0.25) is 0 Å². The molecule has 0 amide bonds. The van der Waals surface area contributed by atoms with E-state index in [1.165, 1.54) is 0 Å². The molecule has 25 heavy (non-hydrogen) atoms. The Hall–Kier alpha value is -2.67. The summed E-state index contributed by atoms with van der Waals surface area (Å²) in [5.41, 5.74) is 1.46. The molecule has 3 rings (SSSR count). The molecule has 0 bridgehead atoms. The van der Waals surface area contributed by atoms with Crippen molar-refractivity contribution in [1.29, 1.82) is 0 Å². The second-order valence-electron chi connectivity index (χ2n) is 5.73. The number of hydrogen-bond donors (Lipinski definition) is 2. The number of nitrogens with zero attached hydrogens (tertiary/aromatic N) is 2. The van der Waals surface area contributed by atoms with Crippen molar-refractivity contribution in [3.05, 3.63) is 36.0 Å². The van der Waals surface area contributed by atoms with Crippen LogP contribution in [0.3, 0.4) is 0 Å². The molecule has 7 nitrogen and oxygen atoms in total. The van der Waals surface area contributed by atoms with Gasteiger partial charge in [0.25, 0.3) is 0 Å². The zero-order valence-electron chi connectivity index (χ0n) is 14.1. The zero-order chi connectivity index (χ0) is 17.6. The summed E-state index contributed by atoms with van der Waals surface area (Å²) in [7, 11) is 0. The highest BCUT2D eigenvalue weighted by Crippen LogP contribution is 2.26. The van der Waals surface area contributed by atoms with Gasteiger partial charge in [0.05, 0.1) is 18.4 Å². The van der Waals surface area contributed by atoms with Crippen LogP contribution >= 0.6 is 0 Å². The van der Waals surface area contributed by atoms with E-state index in [2.05, 4.69) is 15.3 Å². The van der Waals surface area contributed by atoms with E-state index in [1.807, 2.05) is 6.92 Å². The summed E-state index contributed by atoms with van der Waals surface area (Å²) in [5, 5.41) is 12.6. The molecule has 0 spiro atoms. The van der Waals surface area contributed by atoms with Gasteiger partial charge in [0, 0.05) is 24.9 Å². The molecule has 2 heterocycles. The lowest BCUT2D eigenvalue weighted by Gasteiger charge is -2.12. The molecule has 1 aliphatic rings. The summed E-state index contributed by atoms with van der Waals surface area (Å²) < 4.78 is 10.9. The number of carboxylic acids is 1. The predicted molar refractivity (Wildman–Crippen MR) is 93.1 cm³/mol. The number of aromatic carboxylic acids is 1. The summed E-state index contributed by atoms with van der Waals surface area (Å²) in [6, 6.07) is 6.77. The van der Waals surface area contributed by atoms with Gasteiger partial charge >= 0.3 is 5.97 Å². The molecule has 1 aromatic heterocycles. The normalized spacial score (nSPS) is 16.6. The van der Waals surface area contributed by atoms with Crippen molar-refractivity contribution in [3.8, 4) is 17.0 Å². The number of carbonyl (C=O) groups is 1. The Bertz CT molecular complexity index is 745. The predicted octanol–water partition coefficient (Wildman–Crippen LogP) is 2.83. The lowest BCUT2D eigenvalue weighted by atomic mass is 10.1. The van der Waals surface area contributed by atoms with Gasteiger partial charge in [-0.1, -0.05) is 0 Å². The Balaban J connectivity index is 1.79. The molecule has 7 heteroatoms. The van der Waals surface area contributed by atoms with Gasteiger partial charge in [0.1, 0.15) is 11.3 Å². The third-order valence-corrected chi connectivity index (χ3v) is 3.97. The van der Waals surface area contributed by atoms with Crippen LogP contribution in [0.5, 0.6) is 5.75 Å². The molecule has 0 aliphatic carbocycles. The fourth-order valence-corrected chi connectivity index (χ4v) is 2.75. The van der Waals surface area contributed by atoms with Crippen LogP contribution in [-0.2, 0) is 4.74 Å². The van der Waals surface area contributed by atoms with Gasteiger partial charge in [-0.25, -0.2) is 14.8 Å². The molecular weight excluding hydrogens is 322 g/mol. The maximum Gasteiger partial charge on any atom is 0.339 e. The summed E-state index contributed by atoms with van der Waals surface area (Å²) in [4.78, 5) is 20.1. The van der Waals surface area contributed by atoms with Crippen molar-refractivity contribution < 1.29 is 19.4 Å². The molecule has 132 valence electrons. The Kier molecular flexibility index (Phi) is 5.45. The molecule has 0 unspecified atom stereocenters. The third-order valence-electron chi connectivity index (χ3n) is 3.97. The molecule has 0 radical (unpaired) electrons. The third kappa shape index (κ3) is 4.24. The van der Waals surface area contributed by atoms with E-state index in [1.54, 1.807) is 30.5 Å². The van der Waals surface area contributed by atoms with E-state index < -0.39 is 5.97 Å². The molecule has 1 fully saturated rings. The largest absolute Gasteiger partial charge is 0.493 e. The van der Waals surface area contributed by atoms with Crippen LogP contribution in [0, 0.1) is 0 Å². The van der Waals surface area contributed by atoms with Crippen LogP contribution in [0.1, 0.15) is 30.1 Å². The van der Waals surface area contributed by atoms with Crippen molar-refractivity contribution in [2.75, 3.05) is 25.1 Å². The summed E-state index contributed by atoms with van der Waals surface area (Å²) in [6.45, 7) is 3.69. The van der Waals surface area contributed by atoms with Crippen molar-refractivity contribution >= 4 is 11.9 Å². The average Bonchev–Trinajstić information content (AvgIpc) is 3.14. The van der Waals surface area contributed by atoms with Crippen LogP contribution in [0.4, 0.5) is 5.95 Å². The molecular formula is C18H21N3O4. The monoisotopic (exact) mass is 343 g/mol. The second-order valence-corrected chi connectivity index (χ2v) is 5.73. The fraction of sp³-hybridized carbons (Fsp3) is 0.389. The quantitative estimate of drug-likeness (QED) is 0.798. The first-order chi connectivity index (χ1) is 12.2. The van der Waals surface area contributed by atoms with Crippen molar-refractivity contribution in [1.82, 2.24) is 9.97 Å². The highest BCUT2D eigenvalue weighted by molar-refractivity contribution is 5.92. The minimum atomic E-state index is -1.03. The first kappa shape index (κ1) is 17.2. The molecule has 2 aromatic rings. The SMILES string of the molecule is CCOc1ccc(-c2ccnc(NC[C@@H]3CCCO3)n2)cc1C(=O)O. The molecule has 0 saturated carbocycles. The van der Waals surface area contributed by atoms with E-state index in [-0.39, 0.29) is 11.7 Å². The Morgan fingerprint density at radius 1 is 1.44 bits per heavy atom. The van der Waals surface area contributed by atoms with Crippen LogP contribution < -0.4 is 10.1 Å². The van der Waals surface area contributed by atoms with Gasteiger partial charge < -0.3 is 19.9 Å². The van der Waals surface area contributed by atoms with Gasteiger partial charge in [-0.05, 0) is 44.0 Å². The number of nitrogens with one attached hydrogen (secondary N) is 1. The molecule has 1 atom stereocenters. The summed E-state index contributed by atoms with van der Waals surface area (Å²) >= 11 is 0. The van der Waals surface area contributed by atoms with Crippen LogP contribution in [0.2, 0.25) is 0 Å². The number of carboxylic acid groups (broad SMARTS) is 1. The van der Waals surface area contributed by atoms with Crippen molar-refractivity contribution in [3.63, 3.8) is 0 Å². The maximum atomic E-state index is 11.5. The van der Waals surface area contributed by atoms with E-state index >= 15 is 0 Å². The van der Waals surface area contributed by atoms with Crippen LogP contribution in [-0.4, -0.2) is 46.9 Å². The van der Waals surface area contributed by atoms with Crippen molar-refractivity contribution in [2.45, 2.75) is 25.9 Å². The Labute approximate surface area is 146 Å². The highest BCUT2D eigenvalue weighted by Gasteiger charge is 2.16. The molecule has 1 aromatic carbocycles. The number of benzene rings is 1. The topological polar surface area (TPSA) is 93.6 Å². The highest BCUT2D eigenvalue weighted by atomic mass is 16.5. The molecule has 1 saturated heterocycles. The van der Waals surface area contributed by atoms with Gasteiger partial charge in [0.15, 0.2) is 0 Å². The number of aromatic nitrogens is 2. The maximum absolute atomic E-state index is 11.5. The smallest absolute Gasteiger partial charge is 0.339 e. The average molecular weight is 343 g/mol. The molecule has 1 aliphatic heterocycles. The Morgan fingerprint density at radius 3 is 3.04 bits per heavy atom. The van der Waals surface area contributed by atoms with Gasteiger partial charge in [0.2, 0.25) is 5.95 Å². The number of ether oxygens (including phenoxy) is 2. The lowest BCUT2D eigenvalue weighted by molar-refractivity contribution is 0.0692. The van der Waals surface area contributed by atoms with E-state index in [4.69, 9.17) is 9.47 Å². The van der Waals surface area contributed by atoms with Gasteiger partial charge in [-0.15, -0.1) is 0 Å². The first-order valence-corrected chi connectivity index (χ1v) is 8.36. The number of rotatable bonds is 7. The Morgan fingerprint density at radius 2 is 2.32 bits per heavy atom. The summed E-state index contributed by atoms with van der Waals surface area (Å²) in [5.74, 6) is -0.181. The van der Waals surface area contributed by atoms with E-state index in [9.17, 15) is 9.90 Å². The van der Waals surface area contributed by atoms with Crippen molar-refractivity contribution in [2.24, 2.45) is 0 Å². The van der Waals surface area contributed by atoms with Gasteiger partial charge in [-0.2, -0.15) is 0 Å². The zero-order valence-corrected chi connectivity index (χ0v) is 14.1. The standard InChI is InChI=1S/C18H21N3O4/c1-2-24-16-6-5-12(10-14(16)17(22)23)15-7-8-19-18(21-15)20-11-13-4-3-9-25-13/h5-8,10,13H,2-4,9,11H2,1H3,(H,22,23)(H,19,20,21)/t13-/m0/s1. The minimum Gasteiger partial charge on any atom is -0.493 e. The van der Waals surface area contributed by atoms with Crippen LogP contribution in [0.15, 0.2) is 30.5 Å². The number of hydrogen-bond acceptors (Lipinski definition) is 6. The van der Waals surface area contributed by atoms with E-state index in [0.29, 0.717) is 36.1 Å². The number of anilines is 1. The second kappa shape index (κ2) is 7.94. The molecule has 2 N–H and O–H groups in total. The van der Waals surface area contributed by atoms with Crippen LogP contribution in [0.25, 0.3) is 11.3 Å². The minimum absolute atomic E-state index is 0.117. The van der Waals surface area contributed by atoms with E-state index in [0.717, 1.165) is 19.4 Å². The lowest BCUT2D eigenvalue weighted by Crippen LogP contribution is -2.19. The first-order valence-electron chi connectivity index (χ1n) is 8.36. The fourth-order valence-electron chi connectivity index (χ4n) is 2.75.